The fourth-order valence-corrected chi connectivity index (χ4v) is 1.76. The number of ether oxygens (including phenoxy) is 1. The third kappa shape index (κ3) is 2.72. The molecule has 0 atom stereocenters. The lowest BCUT2D eigenvalue weighted by Crippen LogP contribution is -2.11. The lowest BCUT2D eigenvalue weighted by molar-refractivity contribution is 0.0594. The smallest absolute Gasteiger partial charge is 0.357 e. The molecule has 2 rings (SSSR count). The van der Waals surface area contributed by atoms with Crippen molar-refractivity contribution in [2.24, 2.45) is 0 Å². The van der Waals surface area contributed by atoms with Gasteiger partial charge in [0.2, 0.25) is 0 Å². The zero-order valence-corrected chi connectivity index (χ0v) is 11.3. The van der Waals surface area contributed by atoms with Gasteiger partial charge in [0, 0.05) is 11.1 Å². The van der Waals surface area contributed by atoms with E-state index >= 15 is 0 Å². The first-order valence-corrected chi connectivity index (χ1v) is 5.99. The van der Waals surface area contributed by atoms with Crippen molar-refractivity contribution in [2.45, 2.75) is 0 Å². The zero-order valence-electron chi connectivity index (χ0n) is 11.3. The van der Waals surface area contributed by atoms with E-state index in [-0.39, 0.29) is 17.3 Å². The lowest BCUT2D eigenvalue weighted by Gasteiger charge is -2.09. The molecule has 0 fully saturated rings. The van der Waals surface area contributed by atoms with Crippen molar-refractivity contribution < 1.29 is 9.53 Å². The van der Waals surface area contributed by atoms with Crippen molar-refractivity contribution in [1.82, 2.24) is 9.97 Å². The van der Waals surface area contributed by atoms with Crippen LogP contribution >= 0.6 is 0 Å². The van der Waals surface area contributed by atoms with Gasteiger partial charge >= 0.3 is 5.97 Å². The summed E-state index contributed by atoms with van der Waals surface area (Å²) in [6.45, 7) is 3.59. The molecule has 2 aromatic rings. The number of hydrogen-bond donors (Lipinski definition) is 1. The van der Waals surface area contributed by atoms with E-state index in [0.717, 1.165) is 0 Å². The first-order valence-electron chi connectivity index (χ1n) is 5.99. The number of carbonyl (C=O) groups is 1. The molecule has 0 saturated carbocycles. The number of carbonyl (C=O) groups excluding carboxylic acids is 1. The second kappa shape index (κ2) is 5.84. The SMILES string of the molecule is C=Cc1c(N)nc(-c2ccc(C#N)cc2)nc1C(=O)OC. The van der Waals surface area contributed by atoms with Gasteiger partial charge in [0.25, 0.3) is 0 Å². The van der Waals surface area contributed by atoms with Gasteiger partial charge in [-0.3, -0.25) is 0 Å². The fraction of sp³-hybridized carbons (Fsp3) is 0.0667. The number of anilines is 1. The van der Waals surface area contributed by atoms with E-state index in [0.29, 0.717) is 16.7 Å². The van der Waals surface area contributed by atoms with Crippen molar-refractivity contribution in [3.05, 3.63) is 47.7 Å². The van der Waals surface area contributed by atoms with Crippen LogP contribution in [0.25, 0.3) is 17.5 Å². The Kier molecular flexibility index (Phi) is 3.95. The number of esters is 1. The molecule has 0 radical (unpaired) electrons. The molecule has 0 unspecified atom stereocenters. The average Bonchev–Trinajstić information content (AvgIpc) is 2.53. The number of nitrogens with two attached hydrogens (primary N) is 1. The summed E-state index contributed by atoms with van der Waals surface area (Å²) >= 11 is 0. The van der Waals surface area contributed by atoms with Crippen LogP contribution in [0.4, 0.5) is 5.82 Å². The minimum absolute atomic E-state index is 0.0550. The molecule has 1 aromatic carbocycles. The van der Waals surface area contributed by atoms with E-state index in [2.05, 4.69) is 21.3 Å². The van der Waals surface area contributed by atoms with Gasteiger partial charge in [-0.05, 0) is 24.3 Å². The van der Waals surface area contributed by atoms with Gasteiger partial charge in [-0.15, -0.1) is 0 Å². The monoisotopic (exact) mass is 280 g/mol. The highest BCUT2D eigenvalue weighted by Gasteiger charge is 2.18. The van der Waals surface area contributed by atoms with Crippen molar-refractivity contribution in [3.63, 3.8) is 0 Å². The molecule has 0 aliphatic rings. The molecular weight excluding hydrogens is 268 g/mol. The predicted molar refractivity (Wildman–Crippen MR) is 78.0 cm³/mol. The Morgan fingerprint density at radius 3 is 2.57 bits per heavy atom. The van der Waals surface area contributed by atoms with Crippen molar-refractivity contribution >= 4 is 17.9 Å². The summed E-state index contributed by atoms with van der Waals surface area (Å²) in [5.74, 6) is -0.198. The molecule has 6 nitrogen and oxygen atoms in total. The molecule has 0 aliphatic heterocycles. The Bertz CT molecular complexity index is 746. The Morgan fingerprint density at radius 2 is 2.05 bits per heavy atom. The first-order chi connectivity index (χ1) is 10.1. The van der Waals surface area contributed by atoms with Crippen LogP contribution in [0.3, 0.4) is 0 Å². The number of aromatic nitrogens is 2. The quantitative estimate of drug-likeness (QED) is 0.863. The summed E-state index contributed by atoms with van der Waals surface area (Å²) < 4.78 is 4.69. The maximum atomic E-state index is 11.8. The maximum Gasteiger partial charge on any atom is 0.357 e. The summed E-state index contributed by atoms with van der Waals surface area (Å²) in [4.78, 5) is 20.1. The van der Waals surface area contributed by atoms with Crippen LogP contribution in [0.2, 0.25) is 0 Å². The van der Waals surface area contributed by atoms with E-state index in [9.17, 15) is 4.79 Å². The summed E-state index contributed by atoms with van der Waals surface area (Å²) in [6, 6.07) is 8.65. The van der Waals surface area contributed by atoms with E-state index in [1.807, 2.05) is 6.07 Å². The second-order valence-corrected chi connectivity index (χ2v) is 4.08. The molecule has 0 saturated heterocycles. The standard InChI is InChI=1S/C15H12N4O2/c1-3-11-12(15(20)21-2)18-14(19-13(11)17)10-6-4-9(8-16)5-7-10/h3-7H,1H2,2H3,(H2,17,18,19). The average molecular weight is 280 g/mol. The van der Waals surface area contributed by atoms with Crippen LogP contribution in [-0.4, -0.2) is 23.0 Å². The highest BCUT2D eigenvalue weighted by atomic mass is 16.5. The maximum absolute atomic E-state index is 11.8. The van der Waals surface area contributed by atoms with Crippen LogP contribution in [0, 0.1) is 11.3 Å². The first kappa shape index (κ1) is 14.2. The molecule has 2 N–H and O–H groups in total. The van der Waals surface area contributed by atoms with E-state index < -0.39 is 5.97 Å². The van der Waals surface area contributed by atoms with Crippen LogP contribution in [-0.2, 0) is 4.74 Å². The number of methoxy groups -OCH3 is 1. The summed E-state index contributed by atoms with van der Waals surface area (Å²) in [7, 11) is 1.26. The van der Waals surface area contributed by atoms with Crippen LogP contribution in [0.5, 0.6) is 0 Å². The van der Waals surface area contributed by atoms with E-state index in [1.54, 1.807) is 24.3 Å². The summed E-state index contributed by atoms with van der Waals surface area (Å²) in [6.07, 6.45) is 1.41. The van der Waals surface area contributed by atoms with Crippen LogP contribution in [0.1, 0.15) is 21.6 Å². The molecule has 0 amide bonds. The van der Waals surface area contributed by atoms with Gasteiger partial charge in [-0.25, -0.2) is 14.8 Å². The third-order valence-electron chi connectivity index (χ3n) is 2.83. The number of nitrogens with zero attached hydrogens (tertiary/aromatic N) is 3. The number of nitriles is 1. The molecule has 1 heterocycles. The molecule has 0 spiro atoms. The third-order valence-corrected chi connectivity index (χ3v) is 2.83. The number of benzene rings is 1. The van der Waals surface area contributed by atoms with Crippen molar-refractivity contribution in [1.29, 1.82) is 5.26 Å². The summed E-state index contributed by atoms with van der Waals surface area (Å²) in [5, 5.41) is 8.79. The molecule has 21 heavy (non-hydrogen) atoms. The molecule has 0 bridgehead atoms. The Balaban J connectivity index is 2.59. The van der Waals surface area contributed by atoms with Gasteiger partial charge in [0.1, 0.15) is 5.82 Å². The summed E-state index contributed by atoms with van der Waals surface area (Å²) in [5.41, 5.74) is 7.38. The van der Waals surface area contributed by atoms with Crippen LogP contribution < -0.4 is 5.73 Å². The normalized spacial score (nSPS) is 9.71. The Morgan fingerprint density at radius 1 is 1.38 bits per heavy atom. The van der Waals surface area contributed by atoms with Crippen molar-refractivity contribution in [2.75, 3.05) is 12.8 Å². The number of nitrogen functional groups attached to an aromatic ring is 1. The van der Waals surface area contributed by atoms with E-state index in [4.69, 9.17) is 11.0 Å². The highest BCUT2D eigenvalue weighted by molar-refractivity contribution is 5.93. The van der Waals surface area contributed by atoms with Crippen LogP contribution in [0.15, 0.2) is 30.8 Å². The predicted octanol–water partition coefficient (Wildman–Crippen LogP) is 2.03. The molecule has 1 aromatic heterocycles. The topological polar surface area (TPSA) is 102 Å². The van der Waals surface area contributed by atoms with Crippen molar-refractivity contribution in [3.8, 4) is 17.5 Å². The minimum Gasteiger partial charge on any atom is -0.464 e. The van der Waals surface area contributed by atoms with Gasteiger partial charge in [0.15, 0.2) is 11.5 Å². The van der Waals surface area contributed by atoms with E-state index in [1.165, 1.54) is 13.2 Å². The number of rotatable bonds is 3. The molecular formula is C15H12N4O2. The minimum atomic E-state index is -0.617. The molecule has 6 heteroatoms. The fourth-order valence-electron chi connectivity index (χ4n) is 1.76. The largest absolute Gasteiger partial charge is 0.464 e. The number of hydrogen-bond acceptors (Lipinski definition) is 6. The van der Waals surface area contributed by atoms with Gasteiger partial charge in [-0.1, -0.05) is 12.7 Å². The zero-order chi connectivity index (χ0) is 15.4. The van der Waals surface area contributed by atoms with Gasteiger partial charge < -0.3 is 10.5 Å². The Labute approximate surface area is 121 Å². The van der Waals surface area contributed by atoms with Gasteiger partial charge in [0.05, 0.1) is 18.7 Å². The van der Waals surface area contributed by atoms with Gasteiger partial charge in [-0.2, -0.15) is 5.26 Å². The Hall–Kier alpha value is -3.20. The molecule has 0 aliphatic carbocycles. The lowest BCUT2D eigenvalue weighted by atomic mass is 10.1. The second-order valence-electron chi connectivity index (χ2n) is 4.08. The highest BCUT2D eigenvalue weighted by Crippen LogP contribution is 2.22. The molecule has 104 valence electrons.